The quantitative estimate of drug-likeness (QED) is 0.280. The molecule has 0 aliphatic rings. The van der Waals surface area contributed by atoms with Crippen molar-refractivity contribution in [1.82, 2.24) is 15.5 Å². The molecule has 2 amide bonds. The molecular formula is C26H49N3O4. The maximum absolute atomic E-state index is 13.7. The minimum atomic E-state index is -0.696. The number of hydrogen-bond acceptors (Lipinski definition) is 5. The maximum Gasteiger partial charge on any atom is 0.333 e. The second-order valence-electron chi connectivity index (χ2n) is 9.31. The molecular weight excluding hydrogens is 418 g/mol. The Morgan fingerprint density at radius 2 is 1.61 bits per heavy atom. The van der Waals surface area contributed by atoms with Crippen LogP contribution in [0, 0.1) is 11.8 Å². The third kappa shape index (κ3) is 8.76. The normalized spacial score (nSPS) is 15.1. The smallest absolute Gasteiger partial charge is 0.333 e. The second kappa shape index (κ2) is 15.1. The molecule has 0 aromatic rings. The highest BCUT2D eigenvalue weighted by Gasteiger charge is 2.39. The fourth-order valence-electron chi connectivity index (χ4n) is 3.92. The van der Waals surface area contributed by atoms with Crippen molar-refractivity contribution >= 4 is 17.8 Å². The number of rotatable bonds is 15. The van der Waals surface area contributed by atoms with Crippen LogP contribution >= 0.6 is 0 Å². The van der Waals surface area contributed by atoms with Gasteiger partial charge in [0, 0.05) is 12.6 Å². The largest absolute Gasteiger partial charge is 0.463 e. The van der Waals surface area contributed by atoms with Gasteiger partial charge in [0.2, 0.25) is 11.8 Å². The molecule has 33 heavy (non-hydrogen) atoms. The zero-order chi connectivity index (χ0) is 25.8. The van der Waals surface area contributed by atoms with Gasteiger partial charge in [0.15, 0.2) is 0 Å². The Kier molecular flexibility index (Phi) is 14.2. The molecule has 7 heteroatoms. The summed E-state index contributed by atoms with van der Waals surface area (Å²) in [4.78, 5) is 40.9. The average molecular weight is 468 g/mol. The molecule has 0 heterocycles. The third-order valence-corrected chi connectivity index (χ3v) is 6.62. The van der Waals surface area contributed by atoms with Gasteiger partial charge in [-0.3, -0.25) is 9.59 Å². The molecule has 0 radical (unpaired) electrons. The number of carbonyl (C=O) groups excluding carboxylic acids is 3. The summed E-state index contributed by atoms with van der Waals surface area (Å²) >= 11 is 0. The first-order valence-corrected chi connectivity index (χ1v) is 12.6. The van der Waals surface area contributed by atoms with E-state index in [-0.39, 0.29) is 35.7 Å². The first-order valence-electron chi connectivity index (χ1n) is 12.6. The van der Waals surface area contributed by atoms with Crippen LogP contribution in [0.3, 0.4) is 0 Å². The minimum Gasteiger partial charge on any atom is -0.463 e. The highest BCUT2D eigenvalue weighted by atomic mass is 16.5. The molecule has 1 unspecified atom stereocenters. The first kappa shape index (κ1) is 31.1. The monoisotopic (exact) mass is 467 g/mol. The lowest BCUT2D eigenvalue weighted by atomic mass is 9.89. The van der Waals surface area contributed by atoms with Gasteiger partial charge in [-0.2, -0.15) is 0 Å². The Labute approximate surface area is 202 Å². The number of ether oxygens (including phenoxy) is 1. The summed E-state index contributed by atoms with van der Waals surface area (Å²) in [6, 6.07) is -0.948. The molecule has 0 aromatic carbocycles. The number of amides is 2. The van der Waals surface area contributed by atoms with E-state index in [9.17, 15) is 14.4 Å². The van der Waals surface area contributed by atoms with Crippen LogP contribution in [0.2, 0.25) is 0 Å². The number of carbonyl (C=O) groups is 3. The van der Waals surface area contributed by atoms with Gasteiger partial charge in [-0.1, -0.05) is 61.0 Å². The molecule has 0 saturated carbocycles. The Hall–Kier alpha value is -1.89. The van der Waals surface area contributed by atoms with Gasteiger partial charge in [0.05, 0.1) is 18.2 Å². The number of esters is 1. The van der Waals surface area contributed by atoms with E-state index < -0.39 is 11.6 Å². The highest BCUT2D eigenvalue weighted by Crippen LogP contribution is 2.21. The molecule has 0 spiro atoms. The van der Waals surface area contributed by atoms with E-state index >= 15 is 0 Å². The lowest BCUT2D eigenvalue weighted by Crippen LogP contribution is -2.62. The Bertz CT molecular complexity index is 656. The van der Waals surface area contributed by atoms with Gasteiger partial charge in [0.25, 0.3) is 0 Å². The van der Waals surface area contributed by atoms with Gasteiger partial charge < -0.3 is 20.3 Å². The third-order valence-electron chi connectivity index (χ3n) is 6.62. The van der Waals surface area contributed by atoms with Crippen molar-refractivity contribution in [3.05, 3.63) is 11.6 Å². The summed E-state index contributed by atoms with van der Waals surface area (Å²) in [6.07, 6.45) is 4.75. The van der Waals surface area contributed by atoms with Gasteiger partial charge in [-0.25, -0.2) is 4.79 Å². The van der Waals surface area contributed by atoms with Crippen LogP contribution in [0.5, 0.6) is 0 Å². The van der Waals surface area contributed by atoms with Gasteiger partial charge in [-0.05, 0) is 51.5 Å². The number of likely N-dealkylation sites (N-methyl/N-ethyl adjacent to an activating group) is 1. The molecule has 0 aliphatic heterocycles. The van der Waals surface area contributed by atoms with E-state index in [4.69, 9.17) is 4.74 Å². The zero-order valence-corrected chi connectivity index (χ0v) is 22.7. The number of nitrogens with zero attached hydrogens (tertiary/aromatic N) is 1. The molecule has 0 bridgehead atoms. The SMILES string of the molecule is CCCNC(CC)(CC)C(=O)NC(C(=O)N(C)[C@H](/C=C(\C)C(=O)OCC)C(C)C)[C@@H](C)CC. The Morgan fingerprint density at radius 1 is 1.03 bits per heavy atom. The highest BCUT2D eigenvalue weighted by molar-refractivity contribution is 5.92. The van der Waals surface area contributed by atoms with Crippen molar-refractivity contribution in [1.29, 1.82) is 0 Å². The molecule has 3 atom stereocenters. The number of nitrogens with one attached hydrogen (secondary N) is 2. The topological polar surface area (TPSA) is 87.7 Å². The second-order valence-corrected chi connectivity index (χ2v) is 9.31. The molecule has 0 aromatic heterocycles. The summed E-state index contributed by atoms with van der Waals surface area (Å²) in [6.45, 7) is 18.6. The van der Waals surface area contributed by atoms with Crippen molar-refractivity contribution in [2.75, 3.05) is 20.2 Å². The lowest BCUT2D eigenvalue weighted by Gasteiger charge is -2.37. The summed E-state index contributed by atoms with van der Waals surface area (Å²) in [5.74, 6) is -0.626. The fourth-order valence-corrected chi connectivity index (χ4v) is 3.92. The number of hydrogen-bond donors (Lipinski definition) is 2. The van der Waals surface area contributed by atoms with E-state index in [0.29, 0.717) is 25.0 Å². The molecule has 192 valence electrons. The molecule has 0 saturated heterocycles. The van der Waals surface area contributed by atoms with Gasteiger partial charge >= 0.3 is 5.97 Å². The van der Waals surface area contributed by atoms with E-state index in [1.54, 1.807) is 31.9 Å². The van der Waals surface area contributed by atoms with Crippen LogP contribution in [0.15, 0.2) is 11.6 Å². The van der Waals surface area contributed by atoms with Crippen LogP contribution in [0.25, 0.3) is 0 Å². The van der Waals surface area contributed by atoms with E-state index in [2.05, 4.69) is 17.6 Å². The summed E-state index contributed by atoms with van der Waals surface area (Å²) in [7, 11) is 1.74. The van der Waals surface area contributed by atoms with Crippen molar-refractivity contribution in [3.8, 4) is 0 Å². The predicted molar refractivity (Wildman–Crippen MR) is 135 cm³/mol. The van der Waals surface area contributed by atoms with Crippen LogP contribution in [0.4, 0.5) is 0 Å². The van der Waals surface area contributed by atoms with E-state index in [1.165, 1.54) is 0 Å². The Morgan fingerprint density at radius 3 is 2.03 bits per heavy atom. The standard InChI is InChI=1S/C26H49N3O4/c1-11-16-27-26(13-3,14-4)25(32)28-22(19(8)12-2)23(30)29(10)21(18(6)7)17-20(9)24(31)33-15-5/h17-19,21-22,27H,11-16H2,1-10H3,(H,28,32)/b20-17+/t19-,21+,22?/m0/s1. The average Bonchev–Trinajstić information content (AvgIpc) is 2.80. The van der Waals surface area contributed by atoms with Crippen LogP contribution in [-0.4, -0.2) is 60.5 Å². The van der Waals surface area contributed by atoms with Crippen molar-refractivity contribution in [2.24, 2.45) is 11.8 Å². The van der Waals surface area contributed by atoms with Crippen LogP contribution < -0.4 is 10.6 Å². The van der Waals surface area contributed by atoms with E-state index in [0.717, 1.165) is 19.4 Å². The van der Waals surface area contributed by atoms with Gasteiger partial charge in [0.1, 0.15) is 6.04 Å². The molecule has 2 N–H and O–H groups in total. The van der Waals surface area contributed by atoms with Crippen molar-refractivity contribution in [3.63, 3.8) is 0 Å². The van der Waals surface area contributed by atoms with Crippen molar-refractivity contribution in [2.45, 2.75) is 106 Å². The maximum atomic E-state index is 13.7. The molecule has 0 aliphatic carbocycles. The van der Waals surface area contributed by atoms with E-state index in [1.807, 2.05) is 41.5 Å². The first-order chi connectivity index (χ1) is 15.5. The lowest BCUT2D eigenvalue weighted by molar-refractivity contribution is -0.140. The zero-order valence-electron chi connectivity index (χ0n) is 22.7. The summed E-state index contributed by atoms with van der Waals surface area (Å²) in [5.41, 5.74) is -0.225. The van der Waals surface area contributed by atoms with Crippen molar-refractivity contribution < 1.29 is 19.1 Å². The minimum absolute atomic E-state index is 0.0376. The molecule has 7 nitrogen and oxygen atoms in total. The van der Waals surface area contributed by atoms with Gasteiger partial charge in [-0.15, -0.1) is 0 Å². The molecule has 0 fully saturated rings. The fraction of sp³-hybridized carbons (Fsp3) is 0.808. The van der Waals surface area contributed by atoms with Crippen LogP contribution in [-0.2, 0) is 19.1 Å². The molecule has 0 rings (SSSR count). The summed E-state index contributed by atoms with van der Waals surface area (Å²) in [5, 5.41) is 6.49. The van der Waals surface area contributed by atoms with Crippen LogP contribution in [0.1, 0.15) is 88.0 Å². The predicted octanol–water partition coefficient (Wildman–Crippen LogP) is 4.07. The Balaban J connectivity index is 5.95. The summed E-state index contributed by atoms with van der Waals surface area (Å²) < 4.78 is 5.10.